The van der Waals surface area contributed by atoms with E-state index >= 15 is 0 Å². The molecule has 5 heteroatoms. The fraction of sp³-hybridized carbons (Fsp3) is 0.0667. The van der Waals surface area contributed by atoms with Gasteiger partial charge in [-0.1, -0.05) is 30.3 Å². The van der Waals surface area contributed by atoms with Crippen molar-refractivity contribution in [2.45, 2.75) is 6.54 Å². The Balaban J connectivity index is 2.03. The molecule has 0 unspecified atom stereocenters. The quantitative estimate of drug-likeness (QED) is 0.691. The van der Waals surface area contributed by atoms with Crippen LogP contribution in [0, 0.1) is 11.3 Å². The van der Waals surface area contributed by atoms with Crippen LogP contribution in [0.3, 0.4) is 0 Å². The molecule has 0 atom stereocenters. The largest absolute Gasteiger partial charge is 0.450 e. The van der Waals surface area contributed by atoms with Crippen molar-refractivity contribution in [3.8, 4) is 6.07 Å². The first kappa shape index (κ1) is 14.1. The highest BCUT2D eigenvalue weighted by atomic mass is 79.9. The number of carbonyl (C=O) groups is 1. The molecule has 4 nitrogen and oxygen atoms in total. The zero-order valence-corrected chi connectivity index (χ0v) is 12.1. The lowest BCUT2D eigenvalue weighted by atomic mass is 10.2. The third-order valence-corrected chi connectivity index (χ3v) is 2.97. The maximum absolute atomic E-state index is 11.9. The molecular weight excluding hydrogens is 320 g/mol. The number of amides is 1. The molecule has 0 radical (unpaired) electrons. The van der Waals surface area contributed by atoms with E-state index < -0.39 is 5.91 Å². The van der Waals surface area contributed by atoms with Crippen LogP contribution < -0.4 is 5.32 Å². The SMILES string of the molecule is N#C/C(=C\c1ccc(Br)o1)C(=O)NCc1ccccc1. The second-order valence-corrected chi connectivity index (χ2v) is 4.76. The van der Waals surface area contributed by atoms with Gasteiger partial charge in [-0.15, -0.1) is 0 Å². The fourth-order valence-electron chi connectivity index (χ4n) is 1.57. The van der Waals surface area contributed by atoms with E-state index in [-0.39, 0.29) is 5.57 Å². The molecule has 0 fully saturated rings. The smallest absolute Gasteiger partial charge is 0.262 e. The van der Waals surface area contributed by atoms with Gasteiger partial charge < -0.3 is 9.73 Å². The molecule has 2 rings (SSSR count). The topological polar surface area (TPSA) is 66.0 Å². The van der Waals surface area contributed by atoms with Gasteiger partial charge in [0.1, 0.15) is 17.4 Å². The van der Waals surface area contributed by atoms with Gasteiger partial charge in [0.2, 0.25) is 0 Å². The van der Waals surface area contributed by atoms with E-state index in [2.05, 4.69) is 21.2 Å². The van der Waals surface area contributed by atoms with Crippen molar-refractivity contribution < 1.29 is 9.21 Å². The molecule has 0 spiro atoms. The first-order valence-electron chi connectivity index (χ1n) is 5.88. The maximum atomic E-state index is 11.9. The normalized spacial score (nSPS) is 10.9. The molecule has 1 aromatic carbocycles. The van der Waals surface area contributed by atoms with Crippen LogP contribution in [0.25, 0.3) is 6.08 Å². The highest BCUT2D eigenvalue weighted by molar-refractivity contribution is 9.10. The van der Waals surface area contributed by atoms with Crippen molar-refractivity contribution in [3.63, 3.8) is 0 Å². The number of nitrogens with zero attached hydrogens (tertiary/aromatic N) is 1. The lowest BCUT2D eigenvalue weighted by Gasteiger charge is -2.03. The van der Waals surface area contributed by atoms with E-state index in [1.807, 2.05) is 36.4 Å². The molecule has 1 aromatic heterocycles. The molecule has 0 aliphatic carbocycles. The first-order chi connectivity index (χ1) is 9.69. The van der Waals surface area contributed by atoms with Gasteiger partial charge in [-0.2, -0.15) is 5.26 Å². The summed E-state index contributed by atoms with van der Waals surface area (Å²) >= 11 is 3.16. The van der Waals surface area contributed by atoms with E-state index in [0.717, 1.165) is 5.56 Å². The summed E-state index contributed by atoms with van der Waals surface area (Å²) in [6.45, 7) is 0.376. The zero-order chi connectivity index (χ0) is 14.4. The monoisotopic (exact) mass is 330 g/mol. The predicted octanol–water partition coefficient (Wildman–Crippen LogP) is 3.27. The maximum Gasteiger partial charge on any atom is 0.262 e. The van der Waals surface area contributed by atoms with Crippen LogP contribution in [-0.4, -0.2) is 5.91 Å². The highest BCUT2D eigenvalue weighted by Gasteiger charge is 2.09. The number of benzene rings is 1. The minimum Gasteiger partial charge on any atom is -0.450 e. The van der Waals surface area contributed by atoms with Gasteiger partial charge >= 0.3 is 0 Å². The third kappa shape index (κ3) is 3.84. The van der Waals surface area contributed by atoms with Crippen LogP contribution >= 0.6 is 15.9 Å². The predicted molar refractivity (Wildman–Crippen MR) is 78.3 cm³/mol. The number of nitriles is 1. The zero-order valence-electron chi connectivity index (χ0n) is 10.5. The Morgan fingerprint density at radius 2 is 2.05 bits per heavy atom. The van der Waals surface area contributed by atoms with Crippen LogP contribution in [0.2, 0.25) is 0 Å². The standard InChI is InChI=1S/C15H11BrN2O2/c16-14-7-6-13(20-14)8-12(9-17)15(19)18-10-11-4-2-1-3-5-11/h1-8H,10H2,(H,18,19)/b12-8+. The van der Waals surface area contributed by atoms with Crippen molar-refractivity contribution in [2.24, 2.45) is 0 Å². The Bertz CT molecular complexity index is 669. The number of nitrogens with one attached hydrogen (secondary N) is 1. The Labute approximate surface area is 124 Å². The first-order valence-corrected chi connectivity index (χ1v) is 6.67. The number of hydrogen-bond donors (Lipinski definition) is 1. The molecular formula is C15H11BrN2O2. The Morgan fingerprint density at radius 3 is 2.65 bits per heavy atom. The van der Waals surface area contributed by atoms with Crippen LogP contribution in [-0.2, 0) is 11.3 Å². The molecule has 20 heavy (non-hydrogen) atoms. The molecule has 0 aliphatic rings. The lowest BCUT2D eigenvalue weighted by Crippen LogP contribution is -2.23. The van der Waals surface area contributed by atoms with Gasteiger partial charge in [0, 0.05) is 12.6 Å². The summed E-state index contributed by atoms with van der Waals surface area (Å²) in [5, 5.41) is 11.7. The molecule has 1 heterocycles. The van der Waals surface area contributed by atoms with Crippen LogP contribution in [0.1, 0.15) is 11.3 Å². The minimum atomic E-state index is -0.427. The Hall–Kier alpha value is -2.32. The van der Waals surface area contributed by atoms with Crippen LogP contribution in [0.5, 0.6) is 0 Å². The van der Waals surface area contributed by atoms with Gasteiger partial charge in [-0.25, -0.2) is 0 Å². The summed E-state index contributed by atoms with van der Waals surface area (Å²) in [4.78, 5) is 11.9. The van der Waals surface area contributed by atoms with Crippen LogP contribution in [0.15, 0.2) is 57.1 Å². The van der Waals surface area contributed by atoms with Crippen molar-refractivity contribution in [3.05, 3.63) is 64.0 Å². The summed E-state index contributed by atoms with van der Waals surface area (Å²) in [5.74, 6) is 0.0205. The molecule has 0 aliphatic heterocycles. The Kier molecular flexibility index (Phi) is 4.75. The van der Waals surface area contributed by atoms with Crippen molar-refractivity contribution in [1.29, 1.82) is 5.26 Å². The third-order valence-electron chi connectivity index (χ3n) is 2.54. The number of halogens is 1. The number of carbonyl (C=O) groups excluding carboxylic acids is 1. The molecule has 1 N–H and O–H groups in total. The van der Waals surface area contributed by atoms with Gasteiger partial charge in [-0.05, 0) is 33.6 Å². The molecule has 100 valence electrons. The molecule has 1 amide bonds. The number of furan rings is 1. The van der Waals surface area contributed by atoms with Gasteiger partial charge in [0.25, 0.3) is 5.91 Å². The summed E-state index contributed by atoms with van der Waals surface area (Å²) in [6.07, 6.45) is 1.41. The highest BCUT2D eigenvalue weighted by Crippen LogP contribution is 2.16. The summed E-state index contributed by atoms with van der Waals surface area (Å²) < 4.78 is 5.78. The molecule has 2 aromatic rings. The van der Waals surface area contributed by atoms with E-state index in [1.165, 1.54) is 6.08 Å². The molecule has 0 saturated carbocycles. The van der Waals surface area contributed by atoms with E-state index in [0.29, 0.717) is 17.0 Å². The molecule has 0 saturated heterocycles. The second kappa shape index (κ2) is 6.73. The Morgan fingerprint density at radius 1 is 1.30 bits per heavy atom. The van der Waals surface area contributed by atoms with Crippen molar-refractivity contribution in [2.75, 3.05) is 0 Å². The minimum absolute atomic E-state index is 0.00258. The molecule has 0 bridgehead atoms. The van der Waals surface area contributed by atoms with E-state index in [4.69, 9.17) is 9.68 Å². The van der Waals surface area contributed by atoms with Gasteiger partial charge in [-0.3, -0.25) is 4.79 Å². The van der Waals surface area contributed by atoms with Crippen molar-refractivity contribution >= 4 is 27.9 Å². The van der Waals surface area contributed by atoms with Gasteiger partial charge in [0.05, 0.1) is 0 Å². The average molecular weight is 331 g/mol. The van der Waals surface area contributed by atoms with Gasteiger partial charge in [0.15, 0.2) is 4.67 Å². The summed E-state index contributed by atoms with van der Waals surface area (Å²) in [7, 11) is 0. The second-order valence-electron chi connectivity index (χ2n) is 3.98. The number of hydrogen-bond acceptors (Lipinski definition) is 3. The van der Waals surface area contributed by atoms with Crippen LogP contribution in [0.4, 0.5) is 0 Å². The van der Waals surface area contributed by atoms with E-state index in [9.17, 15) is 4.79 Å². The summed E-state index contributed by atoms with van der Waals surface area (Å²) in [5.41, 5.74) is 0.974. The average Bonchev–Trinajstić information content (AvgIpc) is 2.88. The van der Waals surface area contributed by atoms with Crippen molar-refractivity contribution in [1.82, 2.24) is 5.32 Å². The summed E-state index contributed by atoms with van der Waals surface area (Å²) in [6, 6.07) is 14.7. The van der Waals surface area contributed by atoms with E-state index in [1.54, 1.807) is 12.1 Å². The fourth-order valence-corrected chi connectivity index (χ4v) is 1.89. The number of rotatable bonds is 4. The lowest BCUT2D eigenvalue weighted by molar-refractivity contribution is -0.117.